The van der Waals surface area contributed by atoms with Crippen molar-refractivity contribution < 1.29 is 0 Å². The molecule has 0 unspecified atom stereocenters. The van der Waals surface area contributed by atoms with Gasteiger partial charge >= 0.3 is 0 Å². The SMILES string of the molecule is C/C(=C/Cl)CNCc1ccccc1-n1cccn1. The number of hydrogen-bond acceptors (Lipinski definition) is 2. The molecule has 0 aliphatic carbocycles. The van der Waals surface area contributed by atoms with Gasteiger partial charge in [-0.1, -0.05) is 29.8 Å². The smallest absolute Gasteiger partial charge is 0.0690 e. The third-order valence-electron chi connectivity index (χ3n) is 2.65. The molecular formula is C14H16ClN3. The van der Waals surface area contributed by atoms with Crippen LogP contribution in [0.4, 0.5) is 0 Å². The second-order valence-electron chi connectivity index (χ2n) is 4.14. The van der Waals surface area contributed by atoms with Crippen LogP contribution in [-0.2, 0) is 6.54 Å². The number of hydrogen-bond donors (Lipinski definition) is 1. The summed E-state index contributed by atoms with van der Waals surface area (Å²) in [5.41, 5.74) is 5.03. The summed E-state index contributed by atoms with van der Waals surface area (Å²) in [6, 6.07) is 10.1. The quantitative estimate of drug-likeness (QED) is 0.896. The summed E-state index contributed by atoms with van der Waals surface area (Å²) in [5, 5.41) is 7.62. The van der Waals surface area contributed by atoms with Gasteiger partial charge in [0.1, 0.15) is 0 Å². The zero-order valence-corrected chi connectivity index (χ0v) is 11.1. The number of rotatable bonds is 5. The molecule has 0 aliphatic rings. The van der Waals surface area contributed by atoms with Crippen molar-refractivity contribution in [2.24, 2.45) is 0 Å². The van der Waals surface area contributed by atoms with Gasteiger partial charge in [-0.05, 0) is 30.2 Å². The first kappa shape index (κ1) is 12.9. The van der Waals surface area contributed by atoms with E-state index in [0.29, 0.717) is 0 Å². The fourth-order valence-corrected chi connectivity index (χ4v) is 1.81. The predicted molar refractivity (Wildman–Crippen MR) is 74.9 cm³/mol. The van der Waals surface area contributed by atoms with Gasteiger partial charge in [0, 0.05) is 31.0 Å². The molecule has 3 nitrogen and oxygen atoms in total. The van der Waals surface area contributed by atoms with E-state index >= 15 is 0 Å². The van der Waals surface area contributed by atoms with E-state index in [2.05, 4.69) is 22.5 Å². The van der Waals surface area contributed by atoms with E-state index in [0.717, 1.165) is 24.4 Å². The molecule has 0 bridgehead atoms. The number of para-hydroxylation sites is 1. The van der Waals surface area contributed by atoms with Crippen LogP contribution in [0.15, 0.2) is 53.8 Å². The zero-order chi connectivity index (χ0) is 12.8. The van der Waals surface area contributed by atoms with Crippen LogP contribution in [0.2, 0.25) is 0 Å². The van der Waals surface area contributed by atoms with Crippen molar-refractivity contribution in [2.45, 2.75) is 13.5 Å². The van der Waals surface area contributed by atoms with Crippen molar-refractivity contribution in [1.29, 1.82) is 0 Å². The molecule has 0 aliphatic heterocycles. The van der Waals surface area contributed by atoms with E-state index in [4.69, 9.17) is 11.6 Å². The molecule has 2 aromatic rings. The van der Waals surface area contributed by atoms with Crippen LogP contribution >= 0.6 is 11.6 Å². The van der Waals surface area contributed by atoms with Crippen molar-refractivity contribution in [3.8, 4) is 5.69 Å². The first-order valence-corrected chi connectivity index (χ1v) is 6.29. The third kappa shape index (κ3) is 3.22. The minimum atomic E-state index is 0.789. The minimum Gasteiger partial charge on any atom is -0.309 e. The Kier molecular flexibility index (Phi) is 4.56. The number of aromatic nitrogens is 2. The molecule has 4 heteroatoms. The number of nitrogens with zero attached hydrogens (tertiary/aromatic N) is 2. The van der Waals surface area contributed by atoms with Gasteiger partial charge in [-0.25, -0.2) is 4.68 Å². The first-order valence-electron chi connectivity index (χ1n) is 5.86. The van der Waals surface area contributed by atoms with Gasteiger partial charge in [0.25, 0.3) is 0 Å². The lowest BCUT2D eigenvalue weighted by molar-refractivity contribution is 0.729. The van der Waals surface area contributed by atoms with Gasteiger partial charge in [-0.15, -0.1) is 0 Å². The Morgan fingerprint density at radius 1 is 1.39 bits per heavy atom. The summed E-state index contributed by atoms with van der Waals surface area (Å²) in [5.74, 6) is 0. The molecule has 2 rings (SSSR count). The van der Waals surface area contributed by atoms with Crippen LogP contribution in [0.1, 0.15) is 12.5 Å². The van der Waals surface area contributed by atoms with Crippen LogP contribution in [0.25, 0.3) is 5.69 Å². The largest absolute Gasteiger partial charge is 0.309 e. The van der Waals surface area contributed by atoms with Gasteiger partial charge in [-0.2, -0.15) is 5.10 Å². The Hall–Kier alpha value is -1.58. The summed E-state index contributed by atoms with van der Waals surface area (Å²) in [7, 11) is 0. The summed E-state index contributed by atoms with van der Waals surface area (Å²) < 4.78 is 1.88. The van der Waals surface area contributed by atoms with E-state index in [9.17, 15) is 0 Å². The highest BCUT2D eigenvalue weighted by atomic mass is 35.5. The van der Waals surface area contributed by atoms with Crippen LogP contribution in [-0.4, -0.2) is 16.3 Å². The molecule has 0 saturated heterocycles. The number of halogens is 1. The molecule has 1 heterocycles. The maximum atomic E-state index is 5.63. The molecule has 1 aromatic heterocycles. The Bertz CT molecular complexity index is 518. The van der Waals surface area contributed by atoms with Crippen LogP contribution in [0.3, 0.4) is 0 Å². The monoisotopic (exact) mass is 261 g/mol. The van der Waals surface area contributed by atoms with Gasteiger partial charge in [0.2, 0.25) is 0 Å². The molecule has 0 spiro atoms. The van der Waals surface area contributed by atoms with E-state index in [1.54, 1.807) is 11.7 Å². The Morgan fingerprint density at radius 2 is 2.22 bits per heavy atom. The van der Waals surface area contributed by atoms with Gasteiger partial charge in [0.15, 0.2) is 0 Å². The van der Waals surface area contributed by atoms with Crippen molar-refractivity contribution in [3.63, 3.8) is 0 Å². The molecule has 18 heavy (non-hydrogen) atoms. The lowest BCUT2D eigenvalue weighted by atomic mass is 10.1. The predicted octanol–water partition coefficient (Wildman–Crippen LogP) is 3.10. The maximum absolute atomic E-state index is 5.63. The van der Waals surface area contributed by atoms with Gasteiger partial charge < -0.3 is 5.32 Å². The molecule has 0 saturated carbocycles. The standard InChI is InChI=1S/C14H16ClN3/c1-12(9-15)10-16-11-13-5-2-3-6-14(13)18-8-4-7-17-18/h2-9,16H,10-11H2,1H3/b12-9-. The summed E-state index contributed by atoms with van der Waals surface area (Å²) in [4.78, 5) is 0. The first-order chi connectivity index (χ1) is 8.81. The zero-order valence-electron chi connectivity index (χ0n) is 10.3. The Balaban J connectivity index is 2.09. The van der Waals surface area contributed by atoms with E-state index in [1.807, 2.05) is 36.0 Å². The molecule has 94 valence electrons. The average molecular weight is 262 g/mol. The molecule has 0 atom stereocenters. The fraction of sp³-hybridized carbons (Fsp3) is 0.214. The van der Waals surface area contributed by atoms with Crippen molar-refractivity contribution in [3.05, 3.63) is 59.4 Å². The lowest BCUT2D eigenvalue weighted by Gasteiger charge is -2.10. The van der Waals surface area contributed by atoms with Crippen molar-refractivity contribution in [1.82, 2.24) is 15.1 Å². The van der Waals surface area contributed by atoms with E-state index in [-0.39, 0.29) is 0 Å². The van der Waals surface area contributed by atoms with Gasteiger partial charge in [-0.3, -0.25) is 0 Å². The fourth-order valence-electron chi connectivity index (χ4n) is 1.73. The molecule has 0 radical (unpaired) electrons. The average Bonchev–Trinajstić information content (AvgIpc) is 2.93. The van der Waals surface area contributed by atoms with Crippen LogP contribution in [0, 0.1) is 0 Å². The highest BCUT2D eigenvalue weighted by molar-refractivity contribution is 6.25. The van der Waals surface area contributed by atoms with Gasteiger partial charge in [0.05, 0.1) is 5.69 Å². The highest BCUT2D eigenvalue weighted by Gasteiger charge is 2.03. The van der Waals surface area contributed by atoms with E-state index < -0.39 is 0 Å². The Labute approximate surface area is 112 Å². The maximum Gasteiger partial charge on any atom is 0.0690 e. The molecule has 1 aromatic carbocycles. The summed E-state index contributed by atoms with van der Waals surface area (Å²) in [6.45, 7) is 3.58. The third-order valence-corrected chi connectivity index (χ3v) is 3.02. The number of nitrogens with one attached hydrogen (secondary N) is 1. The van der Waals surface area contributed by atoms with Crippen LogP contribution < -0.4 is 5.32 Å². The van der Waals surface area contributed by atoms with E-state index in [1.165, 1.54) is 5.56 Å². The molecule has 0 fully saturated rings. The topological polar surface area (TPSA) is 29.9 Å². The molecular weight excluding hydrogens is 246 g/mol. The second kappa shape index (κ2) is 6.38. The minimum absolute atomic E-state index is 0.789. The second-order valence-corrected chi connectivity index (χ2v) is 4.36. The van der Waals surface area contributed by atoms with Crippen molar-refractivity contribution in [2.75, 3.05) is 6.54 Å². The Morgan fingerprint density at radius 3 is 2.94 bits per heavy atom. The van der Waals surface area contributed by atoms with Crippen LogP contribution in [0.5, 0.6) is 0 Å². The molecule has 1 N–H and O–H groups in total. The summed E-state index contributed by atoms with van der Waals surface area (Å²) >= 11 is 5.63. The highest BCUT2D eigenvalue weighted by Crippen LogP contribution is 2.13. The number of benzene rings is 1. The lowest BCUT2D eigenvalue weighted by Crippen LogP contribution is -2.17. The summed E-state index contributed by atoms with van der Waals surface area (Å²) in [6.07, 6.45) is 3.73. The normalized spacial score (nSPS) is 11.8. The van der Waals surface area contributed by atoms with Crippen molar-refractivity contribution >= 4 is 11.6 Å². The molecule has 0 amide bonds.